The lowest BCUT2D eigenvalue weighted by Gasteiger charge is -2.25. The van der Waals surface area contributed by atoms with E-state index in [9.17, 15) is 4.79 Å². The van der Waals surface area contributed by atoms with Gasteiger partial charge in [0.2, 0.25) is 5.91 Å². The second-order valence-corrected chi connectivity index (χ2v) is 4.47. The molecule has 1 aromatic rings. The largest absolute Gasteiger partial charge is 0.397 e. The Labute approximate surface area is 106 Å². The monoisotopic (exact) mass is 244 g/mol. The van der Waals surface area contributed by atoms with Crippen LogP contribution in [0.25, 0.3) is 0 Å². The highest BCUT2D eigenvalue weighted by molar-refractivity contribution is 5.95. The summed E-state index contributed by atoms with van der Waals surface area (Å²) in [6.07, 6.45) is 2.72. The zero-order valence-corrected chi connectivity index (χ0v) is 10.1. The fourth-order valence-electron chi connectivity index (χ4n) is 2.03. The van der Waals surface area contributed by atoms with E-state index in [4.69, 9.17) is 16.7 Å². The zero-order chi connectivity index (χ0) is 13.1. The van der Waals surface area contributed by atoms with Crippen LogP contribution in [0.2, 0.25) is 0 Å². The van der Waals surface area contributed by atoms with E-state index in [0.29, 0.717) is 30.3 Å². The molecule has 1 aliphatic rings. The minimum absolute atomic E-state index is 0.410. The van der Waals surface area contributed by atoms with Gasteiger partial charge in [0.25, 0.3) is 0 Å². The molecule has 5 heteroatoms. The van der Waals surface area contributed by atoms with E-state index in [0.717, 1.165) is 18.5 Å². The van der Waals surface area contributed by atoms with Gasteiger partial charge in [0.15, 0.2) is 0 Å². The lowest BCUT2D eigenvalue weighted by Crippen LogP contribution is -2.27. The maximum atomic E-state index is 11.1. The molecule has 2 rings (SSSR count). The fraction of sp³-hybridized carbons (Fsp3) is 0.385. The predicted octanol–water partition coefficient (Wildman–Crippen LogP) is 1.25. The van der Waals surface area contributed by atoms with E-state index in [-0.39, 0.29) is 0 Å². The number of nitrogens with two attached hydrogens (primary N) is 2. The van der Waals surface area contributed by atoms with E-state index in [2.05, 4.69) is 11.0 Å². The van der Waals surface area contributed by atoms with Gasteiger partial charge in [0.05, 0.1) is 23.9 Å². The number of amides is 1. The molecule has 0 radical (unpaired) electrons. The van der Waals surface area contributed by atoms with Gasteiger partial charge in [-0.3, -0.25) is 4.79 Å². The standard InChI is InChI=1S/C13H16N4O/c14-6-1-7-17(10-3-4-10)12-5-2-9(13(16)18)8-11(12)15/h2,5,8,10H,1,3-4,7,15H2,(H2,16,18). The topological polar surface area (TPSA) is 96.1 Å². The number of rotatable bonds is 5. The van der Waals surface area contributed by atoms with Crippen LogP contribution in [0.3, 0.4) is 0 Å². The number of nitriles is 1. The number of hydrogen-bond acceptors (Lipinski definition) is 4. The van der Waals surface area contributed by atoms with Gasteiger partial charge in [0, 0.05) is 18.2 Å². The summed E-state index contributed by atoms with van der Waals surface area (Å²) < 4.78 is 0. The van der Waals surface area contributed by atoms with Crippen molar-refractivity contribution in [3.63, 3.8) is 0 Å². The molecule has 0 aliphatic heterocycles. The number of benzene rings is 1. The molecule has 0 aromatic heterocycles. The molecule has 1 aromatic carbocycles. The molecule has 0 spiro atoms. The summed E-state index contributed by atoms with van der Waals surface area (Å²) in [4.78, 5) is 13.2. The van der Waals surface area contributed by atoms with Crippen LogP contribution in [0.1, 0.15) is 29.6 Å². The Hall–Kier alpha value is -2.22. The van der Waals surface area contributed by atoms with Crippen LogP contribution in [0.4, 0.5) is 11.4 Å². The van der Waals surface area contributed by atoms with Crippen LogP contribution in [0.15, 0.2) is 18.2 Å². The molecular weight excluding hydrogens is 228 g/mol. The maximum Gasteiger partial charge on any atom is 0.248 e. The quantitative estimate of drug-likeness (QED) is 0.762. The van der Waals surface area contributed by atoms with Gasteiger partial charge in [-0.05, 0) is 31.0 Å². The zero-order valence-electron chi connectivity index (χ0n) is 10.1. The first-order valence-corrected chi connectivity index (χ1v) is 5.96. The number of hydrogen-bond donors (Lipinski definition) is 2. The van der Waals surface area contributed by atoms with Crippen LogP contribution in [0.5, 0.6) is 0 Å². The first-order valence-electron chi connectivity index (χ1n) is 5.96. The van der Waals surface area contributed by atoms with Crippen LogP contribution < -0.4 is 16.4 Å². The Morgan fingerprint density at radius 1 is 1.50 bits per heavy atom. The Bertz CT molecular complexity index is 502. The maximum absolute atomic E-state index is 11.1. The van der Waals surface area contributed by atoms with Crippen molar-refractivity contribution in [2.75, 3.05) is 17.2 Å². The molecule has 18 heavy (non-hydrogen) atoms. The number of primary amides is 1. The van der Waals surface area contributed by atoms with Crippen molar-refractivity contribution >= 4 is 17.3 Å². The van der Waals surface area contributed by atoms with Crippen LogP contribution in [-0.2, 0) is 0 Å². The van der Waals surface area contributed by atoms with E-state index in [1.165, 1.54) is 0 Å². The summed E-state index contributed by atoms with van der Waals surface area (Å²) in [5.41, 5.74) is 13.0. The second kappa shape index (κ2) is 4.96. The number of carbonyl (C=O) groups is 1. The summed E-state index contributed by atoms with van der Waals surface area (Å²) >= 11 is 0. The van der Waals surface area contributed by atoms with Crippen molar-refractivity contribution in [2.24, 2.45) is 5.73 Å². The van der Waals surface area contributed by atoms with Crippen molar-refractivity contribution in [3.8, 4) is 6.07 Å². The first-order chi connectivity index (χ1) is 8.63. The van der Waals surface area contributed by atoms with E-state index in [1.807, 2.05) is 6.07 Å². The van der Waals surface area contributed by atoms with Gasteiger partial charge in [-0.2, -0.15) is 5.26 Å². The van der Waals surface area contributed by atoms with Crippen molar-refractivity contribution in [3.05, 3.63) is 23.8 Å². The van der Waals surface area contributed by atoms with Crippen LogP contribution in [-0.4, -0.2) is 18.5 Å². The summed E-state index contributed by atoms with van der Waals surface area (Å²) in [7, 11) is 0. The highest BCUT2D eigenvalue weighted by Crippen LogP contribution is 2.35. The average molecular weight is 244 g/mol. The minimum Gasteiger partial charge on any atom is -0.397 e. The molecule has 1 fully saturated rings. The van der Waals surface area contributed by atoms with Gasteiger partial charge >= 0.3 is 0 Å². The fourth-order valence-corrected chi connectivity index (χ4v) is 2.03. The summed E-state index contributed by atoms with van der Waals surface area (Å²) in [5.74, 6) is -0.483. The van der Waals surface area contributed by atoms with Gasteiger partial charge in [-0.1, -0.05) is 0 Å². The third kappa shape index (κ3) is 2.54. The third-order valence-corrected chi connectivity index (χ3v) is 3.07. The van der Waals surface area contributed by atoms with E-state index in [1.54, 1.807) is 12.1 Å². The lowest BCUT2D eigenvalue weighted by molar-refractivity contribution is 0.100. The second-order valence-electron chi connectivity index (χ2n) is 4.47. The Kier molecular flexibility index (Phi) is 3.38. The predicted molar refractivity (Wildman–Crippen MR) is 70.0 cm³/mol. The molecule has 1 saturated carbocycles. The average Bonchev–Trinajstić information content (AvgIpc) is 3.15. The van der Waals surface area contributed by atoms with Crippen LogP contribution >= 0.6 is 0 Å². The van der Waals surface area contributed by atoms with E-state index >= 15 is 0 Å². The molecule has 4 N–H and O–H groups in total. The molecule has 5 nitrogen and oxygen atoms in total. The molecule has 0 saturated heterocycles. The van der Waals surface area contributed by atoms with E-state index < -0.39 is 5.91 Å². The van der Waals surface area contributed by atoms with Crippen LogP contribution in [0, 0.1) is 11.3 Å². The van der Waals surface area contributed by atoms with Gasteiger partial charge < -0.3 is 16.4 Å². The molecule has 1 aliphatic carbocycles. The van der Waals surface area contributed by atoms with Crippen molar-refractivity contribution in [1.82, 2.24) is 0 Å². The van der Waals surface area contributed by atoms with Crippen molar-refractivity contribution in [1.29, 1.82) is 5.26 Å². The number of anilines is 2. The Balaban J connectivity index is 2.25. The molecule has 0 heterocycles. The van der Waals surface area contributed by atoms with Gasteiger partial charge in [-0.25, -0.2) is 0 Å². The number of nitrogens with zero attached hydrogens (tertiary/aromatic N) is 2. The van der Waals surface area contributed by atoms with Crippen molar-refractivity contribution < 1.29 is 4.79 Å². The van der Waals surface area contributed by atoms with Gasteiger partial charge in [-0.15, -0.1) is 0 Å². The number of carbonyl (C=O) groups excluding carboxylic acids is 1. The summed E-state index contributed by atoms with van der Waals surface area (Å²) in [5, 5.41) is 8.68. The molecular formula is C13H16N4O. The highest BCUT2D eigenvalue weighted by Gasteiger charge is 2.29. The van der Waals surface area contributed by atoms with Gasteiger partial charge in [0.1, 0.15) is 0 Å². The van der Waals surface area contributed by atoms with Crippen molar-refractivity contribution in [2.45, 2.75) is 25.3 Å². The third-order valence-electron chi connectivity index (χ3n) is 3.07. The smallest absolute Gasteiger partial charge is 0.248 e. The Morgan fingerprint density at radius 3 is 2.72 bits per heavy atom. The minimum atomic E-state index is -0.483. The summed E-state index contributed by atoms with van der Waals surface area (Å²) in [6.45, 7) is 0.668. The molecule has 0 unspecified atom stereocenters. The SMILES string of the molecule is N#CCCN(c1ccc(C(N)=O)cc1N)C1CC1. The normalized spacial score (nSPS) is 13.9. The summed E-state index contributed by atoms with van der Waals surface area (Å²) in [6, 6.07) is 7.70. The highest BCUT2D eigenvalue weighted by atomic mass is 16.1. The molecule has 1 amide bonds. The molecule has 0 atom stereocenters. The molecule has 94 valence electrons. The lowest BCUT2D eigenvalue weighted by atomic mass is 10.1. The number of nitrogen functional groups attached to an aromatic ring is 1. The Morgan fingerprint density at radius 2 is 2.22 bits per heavy atom. The first kappa shape index (κ1) is 12.2. The molecule has 0 bridgehead atoms.